The molecular formula is C25H25ClFN5O2. The van der Waals surface area contributed by atoms with E-state index in [9.17, 15) is 9.18 Å². The molecule has 0 amide bonds. The minimum atomic E-state index is -0.272. The average Bonchev–Trinajstić information content (AvgIpc) is 3.25. The van der Waals surface area contributed by atoms with E-state index in [2.05, 4.69) is 15.1 Å². The van der Waals surface area contributed by atoms with Crippen molar-refractivity contribution in [2.45, 2.75) is 31.8 Å². The summed E-state index contributed by atoms with van der Waals surface area (Å²) in [5.74, 6) is 0.450. The van der Waals surface area contributed by atoms with Crippen LogP contribution in [0.15, 0.2) is 47.8 Å². The van der Waals surface area contributed by atoms with Crippen molar-refractivity contribution in [2.24, 2.45) is 12.5 Å². The fraction of sp³-hybridized carbons (Fsp3) is 0.400. The van der Waals surface area contributed by atoms with Crippen molar-refractivity contribution in [3.05, 3.63) is 69.7 Å². The van der Waals surface area contributed by atoms with Crippen LogP contribution >= 0.6 is 11.6 Å². The van der Waals surface area contributed by atoms with Gasteiger partial charge in [0.05, 0.1) is 16.5 Å². The molecule has 0 bridgehead atoms. The number of hydrogen-bond donors (Lipinski definition) is 0. The molecule has 4 heterocycles. The molecule has 0 radical (unpaired) electrons. The van der Waals surface area contributed by atoms with E-state index in [1.165, 1.54) is 10.9 Å². The average molecular weight is 482 g/mol. The zero-order valence-electron chi connectivity index (χ0n) is 18.9. The lowest BCUT2D eigenvalue weighted by atomic mass is 9.61. The molecule has 0 N–H and O–H groups in total. The van der Waals surface area contributed by atoms with Gasteiger partial charge < -0.3 is 14.2 Å². The van der Waals surface area contributed by atoms with Crippen molar-refractivity contribution in [1.82, 2.24) is 24.1 Å². The maximum atomic E-state index is 14.5. The SMILES string of the molecule is Cn1ccc2c(OC3CC4(C3)CN(CCCc3ccn5cnnc5c3F)C4)ccc(Cl)c2c1=O. The fourth-order valence-corrected chi connectivity index (χ4v) is 5.81. The molecule has 1 saturated carbocycles. The molecule has 2 fully saturated rings. The number of hydrogen-bond acceptors (Lipinski definition) is 5. The molecule has 7 nitrogen and oxygen atoms in total. The topological polar surface area (TPSA) is 64.7 Å². The molecule has 1 aliphatic carbocycles. The van der Waals surface area contributed by atoms with E-state index < -0.39 is 0 Å². The van der Waals surface area contributed by atoms with Crippen molar-refractivity contribution < 1.29 is 9.13 Å². The van der Waals surface area contributed by atoms with Gasteiger partial charge in [-0.05, 0) is 62.1 Å². The minimum absolute atomic E-state index is 0.117. The number of halogens is 2. The van der Waals surface area contributed by atoms with Gasteiger partial charge in [0.15, 0.2) is 11.5 Å². The van der Waals surface area contributed by atoms with Crippen LogP contribution in [0, 0.1) is 11.2 Å². The van der Waals surface area contributed by atoms with Crippen LogP contribution in [0.1, 0.15) is 24.8 Å². The van der Waals surface area contributed by atoms with Crippen LogP contribution in [0.25, 0.3) is 16.4 Å². The van der Waals surface area contributed by atoms with E-state index in [-0.39, 0.29) is 23.1 Å². The van der Waals surface area contributed by atoms with Crippen molar-refractivity contribution in [3.63, 3.8) is 0 Å². The highest BCUT2D eigenvalue weighted by atomic mass is 35.5. The third-order valence-corrected chi connectivity index (χ3v) is 7.61. The number of ether oxygens (including phenoxy) is 1. The van der Waals surface area contributed by atoms with Gasteiger partial charge in [0, 0.05) is 43.3 Å². The second kappa shape index (κ2) is 8.06. The number of pyridine rings is 2. The Morgan fingerprint density at radius 3 is 2.85 bits per heavy atom. The molecule has 1 aliphatic heterocycles. The van der Waals surface area contributed by atoms with Gasteiger partial charge in [0.1, 0.15) is 12.1 Å². The first-order valence-electron chi connectivity index (χ1n) is 11.6. The van der Waals surface area contributed by atoms with E-state index in [0.29, 0.717) is 27.8 Å². The van der Waals surface area contributed by atoms with E-state index in [0.717, 1.165) is 50.0 Å². The first kappa shape index (κ1) is 21.6. The highest BCUT2D eigenvalue weighted by molar-refractivity contribution is 6.35. The van der Waals surface area contributed by atoms with Gasteiger partial charge >= 0.3 is 0 Å². The highest BCUT2D eigenvalue weighted by Crippen LogP contribution is 2.50. The molecule has 0 unspecified atom stereocenters. The van der Waals surface area contributed by atoms with Gasteiger partial charge in [-0.25, -0.2) is 4.39 Å². The van der Waals surface area contributed by atoms with Gasteiger partial charge in [-0.2, -0.15) is 0 Å². The Morgan fingerprint density at radius 2 is 2.03 bits per heavy atom. The predicted octanol–water partition coefficient (Wildman–Crippen LogP) is 3.85. The lowest BCUT2D eigenvalue weighted by Gasteiger charge is -2.58. The summed E-state index contributed by atoms with van der Waals surface area (Å²) in [4.78, 5) is 14.9. The third kappa shape index (κ3) is 3.56. The molecule has 4 aromatic rings. The monoisotopic (exact) mass is 481 g/mol. The van der Waals surface area contributed by atoms with Crippen LogP contribution in [0.5, 0.6) is 5.75 Å². The van der Waals surface area contributed by atoms with Crippen LogP contribution in [-0.4, -0.2) is 49.8 Å². The van der Waals surface area contributed by atoms with Crippen molar-refractivity contribution in [3.8, 4) is 5.75 Å². The summed E-state index contributed by atoms with van der Waals surface area (Å²) in [6.07, 6.45) is 8.83. The molecule has 1 saturated heterocycles. The van der Waals surface area contributed by atoms with Crippen LogP contribution < -0.4 is 10.3 Å². The predicted molar refractivity (Wildman–Crippen MR) is 128 cm³/mol. The van der Waals surface area contributed by atoms with E-state index >= 15 is 0 Å². The minimum Gasteiger partial charge on any atom is -0.490 e. The van der Waals surface area contributed by atoms with Crippen molar-refractivity contribution in [1.29, 1.82) is 0 Å². The summed E-state index contributed by atoms with van der Waals surface area (Å²) in [5, 5.41) is 9.33. The lowest BCUT2D eigenvalue weighted by molar-refractivity contribution is -0.118. The molecule has 3 aromatic heterocycles. The van der Waals surface area contributed by atoms with Gasteiger partial charge in [-0.3, -0.25) is 9.20 Å². The van der Waals surface area contributed by atoms with Crippen LogP contribution in [-0.2, 0) is 13.5 Å². The second-order valence-electron chi connectivity index (χ2n) is 9.75. The molecule has 1 spiro atoms. The summed E-state index contributed by atoms with van der Waals surface area (Å²) in [6, 6.07) is 7.30. The molecule has 1 aromatic carbocycles. The van der Waals surface area contributed by atoms with Gasteiger partial charge in [-0.1, -0.05) is 11.6 Å². The summed E-state index contributed by atoms with van der Waals surface area (Å²) in [7, 11) is 1.72. The zero-order chi connectivity index (χ0) is 23.4. The number of rotatable bonds is 6. The third-order valence-electron chi connectivity index (χ3n) is 7.29. The highest BCUT2D eigenvalue weighted by Gasteiger charge is 2.53. The Morgan fingerprint density at radius 1 is 1.21 bits per heavy atom. The number of aryl methyl sites for hydroxylation is 2. The zero-order valence-corrected chi connectivity index (χ0v) is 19.6. The molecule has 6 rings (SSSR count). The molecule has 2 aliphatic rings. The smallest absolute Gasteiger partial charge is 0.259 e. The van der Waals surface area contributed by atoms with Crippen LogP contribution in [0.3, 0.4) is 0 Å². The Labute approximate surface area is 200 Å². The Hall–Kier alpha value is -2.97. The molecular weight excluding hydrogens is 457 g/mol. The first-order valence-corrected chi connectivity index (χ1v) is 11.9. The summed E-state index contributed by atoms with van der Waals surface area (Å²) >= 11 is 6.29. The Bertz CT molecular complexity index is 1450. The number of likely N-dealkylation sites (tertiary alicyclic amines) is 1. The molecule has 9 heteroatoms. The summed E-state index contributed by atoms with van der Waals surface area (Å²) in [6.45, 7) is 3.07. The normalized spacial score (nSPS) is 17.9. The molecule has 176 valence electrons. The van der Waals surface area contributed by atoms with E-state index in [1.807, 2.05) is 24.4 Å². The quantitative estimate of drug-likeness (QED) is 0.418. The molecule has 0 atom stereocenters. The van der Waals surface area contributed by atoms with Gasteiger partial charge in [0.2, 0.25) is 0 Å². The number of benzene rings is 1. The van der Waals surface area contributed by atoms with Crippen molar-refractivity contribution >= 4 is 28.0 Å². The van der Waals surface area contributed by atoms with Crippen LogP contribution in [0.2, 0.25) is 5.02 Å². The summed E-state index contributed by atoms with van der Waals surface area (Å²) < 4.78 is 23.9. The van der Waals surface area contributed by atoms with Crippen LogP contribution in [0.4, 0.5) is 4.39 Å². The first-order chi connectivity index (χ1) is 16.4. The number of nitrogens with zero attached hydrogens (tertiary/aromatic N) is 5. The van der Waals surface area contributed by atoms with Crippen molar-refractivity contribution in [2.75, 3.05) is 19.6 Å². The maximum absolute atomic E-state index is 14.5. The second-order valence-corrected chi connectivity index (χ2v) is 10.2. The largest absolute Gasteiger partial charge is 0.490 e. The van der Waals surface area contributed by atoms with E-state index in [4.69, 9.17) is 16.3 Å². The van der Waals surface area contributed by atoms with Gasteiger partial charge in [0.25, 0.3) is 5.56 Å². The maximum Gasteiger partial charge on any atom is 0.259 e. The Balaban J connectivity index is 1.01. The summed E-state index contributed by atoms with van der Waals surface area (Å²) in [5.41, 5.74) is 1.19. The number of fused-ring (bicyclic) bond motifs is 2. The van der Waals surface area contributed by atoms with E-state index in [1.54, 1.807) is 23.7 Å². The van der Waals surface area contributed by atoms with Gasteiger partial charge in [-0.15, -0.1) is 10.2 Å². The standard InChI is InChI=1S/C25H25ClFN5O2/c1-30-9-7-18-20(5-4-19(26)21(18)24(30)33)34-17-11-25(12-17)13-31(14-25)8-2-3-16-6-10-32-15-28-29-23(32)22(16)27/h4-7,9-10,15,17H,2-3,8,11-14H2,1H3. The lowest BCUT2D eigenvalue weighted by Crippen LogP contribution is -2.64. The Kier molecular flexibility index (Phi) is 5.11. The number of aromatic nitrogens is 4. The molecule has 34 heavy (non-hydrogen) atoms. The fourth-order valence-electron chi connectivity index (χ4n) is 5.56.